The molecule has 3 nitrogen and oxygen atoms in total. The van der Waals surface area contributed by atoms with Crippen LogP contribution in [0.15, 0.2) is 30.5 Å². The quantitative estimate of drug-likeness (QED) is 0.860. The summed E-state index contributed by atoms with van der Waals surface area (Å²) in [5.74, 6) is 0.421. The van der Waals surface area contributed by atoms with Crippen LogP contribution in [0, 0.1) is 12.7 Å². The van der Waals surface area contributed by atoms with E-state index in [0.717, 1.165) is 12.2 Å². The highest BCUT2D eigenvalue weighted by Gasteiger charge is 2.09. The lowest BCUT2D eigenvalue weighted by Gasteiger charge is -2.08. The Balaban J connectivity index is 2.51. The summed E-state index contributed by atoms with van der Waals surface area (Å²) in [6, 6.07) is 6.66. The molecule has 0 saturated carbocycles. The van der Waals surface area contributed by atoms with Crippen molar-refractivity contribution in [3.05, 3.63) is 42.0 Å². The molecule has 1 aromatic heterocycles. The Kier molecular flexibility index (Phi) is 2.90. The summed E-state index contributed by atoms with van der Waals surface area (Å²) in [6.45, 7) is 4.62. The molecule has 1 N–H and O–H groups in total. The summed E-state index contributed by atoms with van der Waals surface area (Å²) >= 11 is 0. The van der Waals surface area contributed by atoms with Crippen molar-refractivity contribution in [2.24, 2.45) is 0 Å². The van der Waals surface area contributed by atoms with E-state index >= 15 is 0 Å². The van der Waals surface area contributed by atoms with E-state index < -0.39 is 0 Å². The molecule has 0 aliphatic rings. The largest absolute Gasteiger partial charge is 0.356 e. The van der Waals surface area contributed by atoms with Crippen LogP contribution >= 0.6 is 0 Å². The maximum absolute atomic E-state index is 13.6. The Labute approximate surface area is 93.9 Å². The summed E-state index contributed by atoms with van der Waals surface area (Å²) < 4.78 is 15.4. The van der Waals surface area contributed by atoms with Crippen molar-refractivity contribution in [2.75, 3.05) is 11.9 Å². The molecule has 0 fully saturated rings. The average Bonchev–Trinajstić information content (AvgIpc) is 2.61. The maximum atomic E-state index is 13.6. The summed E-state index contributed by atoms with van der Waals surface area (Å²) in [4.78, 5) is 4.30. The van der Waals surface area contributed by atoms with Gasteiger partial charge in [-0.25, -0.2) is 9.37 Å². The standard InChI is InChI=1S/C12H14FN3/c1-3-14-12-15-9(2)8-16(12)11-7-5-4-6-10(11)13/h4-8H,3H2,1-2H3,(H,14,15). The first-order valence-electron chi connectivity index (χ1n) is 5.27. The lowest BCUT2D eigenvalue weighted by Crippen LogP contribution is -2.06. The fourth-order valence-electron chi connectivity index (χ4n) is 1.61. The van der Waals surface area contributed by atoms with Gasteiger partial charge in [0.15, 0.2) is 0 Å². The van der Waals surface area contributed by atoms with Crippen LogP contribution in [-0.4, -0.2) is 16.1 Å². The molecular weight excluding hydrogens is 205 g/mol. The molecule has 0 unspecified atom stereocenters. The number of hydrogen-bond donors (Lipinski definition) is 1. The van der Waals surface area contributed by atoms with Crippen molar-refractivity contribution in [1.82, 2.24) is 9.55 Å². The van der Waals surface area contributed by atoms with Crippen LogP contribution in [-0.2, 0) is 0 Å². The van der Waals surface area contributed by atoms with Gasteiger partial charge in [0.25, 0.3) is 0 Å². The minimum atomic E-state index is -0.251. The summed E-state index contributed by atoms with van der Waals surface area (Å²) in [5.41, 5.74) is 1.37. The summed E-state index contributed by atoms with van der Waals surface area (Å²) in [5, 5.41) is 3.11. The van der Waals surface area contributed by atoms with Crippen LogP contribution < -0.4 is 5.32 Å². The van der Waals surface area contributed by atoms with Gasteiger partial charge in [-0.15, -0.1) is 0 Å². The van der Waals surface area contributed by atoms with Crippen LogP contribution in [0.2, 0.25) is 0 Å². The first kappa shape index (κ1) is 10.7. The molecule has 4 heteroatoms. The fourth-order valence-corrected chi connectivity index (χ4v) is 1.61. The van der Waals surface area contributed by atoms with Crippen molar-refractivity contribution in [3.63, 3.8) is 0 Å². The number of imidazole rings is 1. The molecule has 0 aliphatic heterocycles. The molecule has 0 radical (unpaired) electrons. The number of nitrogens with zero attached hydrogens (tertiary/aromatic N) is 2. The molecule has 1 aromatic carbocycles. The van der Waals surface area contributed by atoms with Gasteiger partial charge < -0.3 is 5.32 Å². The number of benzene rings is 1. The maximum Gasteiger partial charge on any atom is 0.207 e. The van der Waals surface area contributed by atoms with E-state index in [9.17, 15) is 4.39 Å². The van der Waals surface area contributed by atoms with Gasteiger partial charge in [0.05, 0.1) is 11.4 Å². The second-order valence-electron chi connectivity index (χ2n) is 3.56. The third kappa shape index (κ3) is 1.91. The molecular formula is C12H14FN3. The number of rotatable bonds is 3. The molecule has 0 saturated heterocycles. The van der Waals surface area contributed by atoms with Crippen LogP contribution in [0.4, 0.5) is 10.3 Å². The zero-order chi connectivity index (χ0) is 11.5. The second-order valence-corrected chi connectivity index (χ2v) is 3.56. The monoisotopic (exact) mass is 219 g/mol. The predicted octanol–water partition coefficient (Wildman–Crippen LogP) is 2.75. The zero-order valence-corrected chi connectivity index (χ0v) is 9.37. The third-order valence-electron chi connectivity index (χ3n) is 2.27. The van der Waals surface area contributed by atoms with Gasteiger partial charge in [-0.2, -0.15) is 0 Å². The number of hydrogen-bond acceptors (Lipinski definition) is 2. The molecule has 16 heavy (non-hydrogen) atoms. The van der Waals surface area contributed by atoms with Crippen molar-refractivity contribution in [1.29, 1.82) is 0 Å². The van der Waals surface area contributed by atoms with Gasteiger partial charge in [0, 0.05) is 12.7 Å². The minimum absolute atomic E-state index is 0.251. The van der Waals surface area contributed by atoms with Gasteiger partial charge in [-0.3, -0.25) is 4.57 Å². The highest BCUT2D eigenvalue weighted by atomic mass is 19.1. The van der Waals surface area contributed by atoms with Crippen LogP contribution in [0.5, 0.6) is 0 Å². The molecule has 0 bridgehead atoms. The number of aryl methyl sites for hydroxylation is 1. The Morgan fingerprint density at radius 1 is 1.38 bits per heavy atom. The first-order valence-corrected chi connectivity index (χ1v) is 5.27. The van der Waals surface area contributed by atoms with E-state index in [1.165, 1.54) is 6.07 Å². The lowest BCUT2D eigenvalue weighted by molar-refractivity contribution is 0.618. The minimum Gasteiger partial charge on any atom is -0.356 e. The van der Waals surface area contributed by atoms with Crippen molar-refractivity contribution in [3.8, 4) is 5.69 Å². The van der Waals surface area contributed by atoms with Gasteiger partial charge in [0.2, 0.25) is 5.95 Å². The number of halogens is 1. The topological polar surface area (TPSA) is 29.9 Å². The van der Waals surface area contributed by atoms with E-state index in [4.69, 9.17) is 0 Å². The molecule has 84 valence electrons. The Morgan fingerprint density at radius 3 is 2.81 bits per heavy atom. The van der Waals surface area contributed by atoms with Crippen LogP contribution in [0.1, 0.15) is 12.6 Å². The van der Waals surface area contributed by atoms with Gasteiger partial charge >= 0.3 is 0 Å². The SMILES string of the molecule is CCNc1nc(C)cn1-c1ccccc1F. The molecule has 0 atom stereocenters. The van der Waals surface area contributed by atoms with Crippen LogP contribution in [0.25, 0.3) is 5.69 Å². The Morgan fingerprint density at radius 2 is 2.12 bits per heavy atom. The average molecular weight is 219 g/mol. The van der Waals surface area contributed by atoms with E-state index in [1.807, 2.05) is 26.1 Å². The molecule has 1 heterocycles. The van der Waals surface area contributed by atoms with Crippen molar-refractivity contribution in [2.45, 2.75) is 13.8 Å². The zero-order valence-electron chi connectivity index (χ0n) is 9.37. The first-order chi connectivity index (χ1) is 7.72. The van der Waals surface area contributed by atoms with Gasteiger partial charge in [0.1, 0.15) is 5.82 Å². The van der Waals surface area contributed by atoms with Gasteiger partial charge in [-0.1, -0.05) is 12.1 Å². The summed E-state index contributed by atoms with van der Waals surface area (Å²) in [6.07, 6.45) is 1.82. The molecule has 0 aliphatic carbocycles. The molecule has 2 rings (SSSR count). The van der Waals surface area contributed by atoms with E-state index in [0.29, 0.717) is 11.6 Å². The van der Waals surface area contributed by atoms with Crippen LogP contribution in [0.3, 0.4) is 0 Å². The number of anilines is 1. The highest BCUT2D eigenvalue weighted by Crippen LogP contribution is 2.18. The number of para-hydroxylation sites is 1. The third-order valence-corrected chi connectivity index (χ3v) is 2.27. The van der Waals surface area contributed by atoms with Gasteiger partial charge in [-0.05, 0) is 26.0 Å². The Bertz CT molecular complexity index is 491. The summed E-state index contributed by atoms with van der Waals surface area (Å²) in [7, 11) is 0. The smallest absolute Gasteiger partial charge is 0.207 e. The van der Waals surface area contributed by atoms with Crippen molar-refractivity contribution >= 4 is 5.95 Å². The normalized spacial score (nSPS) is 10.4. The predicted molar refractivity (Wildman–Crippen MR) is 62.4 cm³/mol. The van der Waals surface area contributed by atoms with E-state index in [1.54, 1.807) is 16.7 Å². The molecule has 2 aromatic rings. The molecule has 0 amide bonds. The van der Waals surface area contributed by atoms with E-state index in [-0.39, 0.29) is 5.82 Å². The highest BCUT2D eigenvalue weighted by molar-refractivity contribution is 5.43. The fraction of sp³-hybridized carbons (Fsp3) is 0.250. The van der Waals surface area contributed by atoms with E-state index in [2.05, 4.69) is 10.3 Å². The lowest BCUT2D eigenvalue weighted by atomic mass is 10.3. The number of nitrogens with one attached hydrogen (secondary N) is 1. The Hall–Kier alpha value is -1.84. The second kappa shape index (κ2) is 4.35. The van der Waals surface area contributed by atoms with Crippen molar-refractivity contribution < 1.29 is 4.39 Å². The number of aromatic nitrogens is 2. The molecule has 0 spiro atoms.